The molecule has 0 aromatic heterocycles. The molecule has 2 aromatic carbocycles. The summed E-state index contributed by atoms with van der Waals surface area (Å²) in [7, 11) is 4.16. The second-order valence-corrected chi connectivity index (χ2v) is 8.36. The molecule has 4 rings (SSSR count). The second kappa shape index (κ2) is 8.93. The third-order valence-electron chi connectivity index (χ3n) is 6.33. The van der Waals surface area contributed by atoms with E-state index in [1.807, 2.05) is 25.2 Å². The van der Waals surface area contributed by atoms with Gasteiger partial charge in [-0.05, 0) is 68.7 Å². The van der Waals surface area contributed by atoms with Crippen LogP contribution in [0.5, 0.6) is 0 Å². The summed E-state index contributed by atoms with van der Waals surface area (Å²) in [5, 5.41) is 6.76. The van der Waals surface area contributed by atoms with Gasteiger partial charge in [-0.1, -0.05) is 36.4 Å². The Kier molecular flexibility index (Phi) is 6.25. The number of piperidine rings is 1. The van der Waals surface area contributed by atoms with E-state index in [-0.39, 0.29) is 12.3 Å². The number of rotatable bonds is 4. The largest absolute Gasteiger partial charge is 0.416 e. The normalized spacial score (nSPS) is 23.5. The van der Waals surface area contributed by atoms with Crippen LogP contribution >= 0.6 is 0 Å². The number of anilines is 1. The Morgan fingerprint density at radius 2 is 1.68 bits per heavy atom. The van der Waals surface area contributed by atoms with Crippen molar-refractivity contribution in [2.45, 2.75) is 31.3 Å². The minimum atomic E-state index is -4.36. The lowest BCUT2D eigenvalue weighted by Gasteiger charge is -2.50. The van der Waals surface area contributed by atoms with Gasteiger partial charge in [0, 0.05) is 18.4 Å². The summed E-state index contributed by atoms with van der Waals surface area (Å²) in [4.78, 5) is 4.55. The molecule has 0 spiro atoms. The summed E-state index contributed by atoms with van der Waals surface area (Å²) in [5.74, 6) is 0.467. The zero-order chi connectivity index (χ0) is 22.0. The van der Waals surface area contributed by atoms with E-state index >= 15 is 0 Å². The van der Waals surface area contributed by atoms with Gasteiger partial charge < -0.3 is 15.5 Å². The van der Waals surface area contributed by atoms with E-state index in [0.29, 0.717) is 11.6 Å². The first-order valence-electron chi connectivity index (χ1n) is 10.7. The summed E-state index contributed by atoms with van der Waals surface area (Å²) in [6, 6.07) is 15.6. The molecule has 0 aliphatic carbocycles. The van der Waals surface area contributed by atoms with Crippen molar-refractivity contribution in [3.63, 3.8) is 0 Å². The molecule has 7 heteroatoms. The Balaban J connectivity index is 1.68. The zero-order valence-corrected chi connectivity index (χ0v) is 17.9. The molecule has 0 saturated carbocycles. The molecular formula is C24H29F3N4. The van der Waals surface area contributed by atoms with Crippen molar-refractivity contribution in [1.82, 2.24) is 15.1 Å². The van der Waals surface area contributed by atoms with Gasteiger partial charge in [-0.3, -0.25) is 4.90 Å². The van der Waals surface area contributed by atoms with Crippen LogP contribution in [0.2, 0.25) is 0 Å². The summed E-state index contributed by atoms with van der Waals surface area (Å²) in [6.45, 7) is 1.97. The number of likely N-dealkylation sites (N-methyl/N-ethyl adjacent to an activating group) is 1. The lowest BCUT2D eigenvalue weighted by Crippen LogP contribution is -2.58. The van der Waals surface area contributed by atoms with Gasteiger partial charge >= 0.3 is 6.18 Å². The van der Waals surface area contributed by atoms with E-state index < -0.39 is 11.7 Å². The van der Waals surface area contributed by atoms with E-state index in [9.17, 15) is 13.2 Å². The van der Waals surface area contributed by atoms with Crippen LogP contribution in [-0.4, -0.2) is 49.3 Å². The zero-order valence-electron chi connectivity index (χ0n) is 17.9. The fourth-order valence-corrected chi connectivity index (χ4v) is 4.76. The number of hydrogen-bond donors (Lipinski definition) is 2. The maximum atomic E-state index is 13.2. The van der Waals surface area contributed by atoms with Crippen LogP contribution in [0.1, 0.15) is 24.0 Å². The van der Waals surface area contributed by atoms with Crippen LogP contribution in [-0.2, 0) is 6.18 Å². The van der Waals surface area contributed by atoms with Gasteiger partial charge in [0.25, 0.3) is 0 Å². The standard InChI is InChI=1S/C24H29F3N4/c1-30-21(17-7-4-3-5-8-17)16-22(31(2)23(30)18-11-13-28-14-12-18)29-20-10-6-9-19(15-20)24(25,26)27/h3-10,15-16,18,22-23,28-29H,11-14H2,1-2H3. The minimum Gasteiger partial charge on any atom is -0.366 e. The van der Waals surface area contributed by atoms with Crippen LogP contribution in [0.25, 0.3) is 5.70 Å². The fraction of sp³-hybridized carbons (Fsp3) is 0.417. The van der Waals surface area contributed by atoms with E-state index in [4.69, 9.17) is 0 Å². The highest BCUT2D eigenvalue weighted by molar-refractivity contribution is 5.66. The molecule has 0 bridgehead atoms. The Morgan fingerprint density at radius 1 is 0.968 bits per heavy atom. The molecule has 2 aliphatic rings. The van der Waals surface area contributed by atoms with E-state index in [0.717, 1.165) is 43.3 Å². The number of nitrogens with zero attached hydrogens (tertiary/aromatic N) is 2. The lowest BCUT2D eigenvalue weighted by atomic mass is 9.90. The van der Waals surface area contributed by atoms with Gasteiger partial charge in [-0.2, -0.15) is 13.2 Å². The first-order chi connectivity index (χ1) is 14.8. The number of benzene rings is 2. The molecule has 1 fully saturated rings. The van der Waals surface area contributed by atoms with Gasteiger partial charge in [-0.15, -0.1) is 0 Å². The summed E-state index contributed by atoms with van der Waals surface area (Å²) in [6.07, 6.45) is -0.206. The molecule has 166 valence electrons. The summed E-state index contributed by atoms with van der Waals surface area (Å²) >= 11 is 0. The first kappa shape index (κ1) is 21.7. The number of halogens is 3. The summed E-state index contributed by atoms with van der Waals surface area (Å²) in [5.41, 5.74) is 2.01. The van der Waals surface area contributed by atoms with E-state index in [2.05, 4.69) is 45.7 Å². The second-order valence-electron chi connectivity index (χ2n) is 8.36. The highest BCUT2D eigenvalue weighted by Crippen LogP contribution is 2.35. The summed E-state index contributed by atoms with van der Waals surface area (Å²) < 4.78 is 39.6. The molecule has 4 nitrogen and oxygen atoms in total. The fourth-order valence-electron chi connectivity index (χ4n) is 4.76. The third-order valence-corrected chi connectivity index (χ3v) is 6.33. The molecule has 2 atom stereocenters. The molecule has 2 aliphatic heterocycles. The molecule has 2 aromatic rings. The predicted molar refractivity (Wildman–Crippen MR) is 118 cm³/mol. The molecule has 2 N–H and O–H groups in total. The average Bonchev–Trinajstić information content (AvgIpc) is 2.77. The molecule has 0 radical (unpaired) electrons. The van der Waals surface area contributed by atoms with E-state index in [1.54, 1.807) is 6.07 Å². The molecule has 0 amide bonds. The van der Waals surface area contributed by atoms with Crippen LogP contribution in [0.15, 0.2) is 60.7 Å². The van der Waals surface area contributed by atoms with Gasteiger partial charge in [0.1, 0.15) is 6.17 Å². The number of nitrogens with one attached hydrogen (secondary N) is 2. The van der Waals surface area contributed by atoms with Gasteiger partial charge in [0.2, 0.25) is 0 Å². The maximum absolute atomic E-state index is 13.2. The monoisotopic (exact) mass is 430 g/mol. The lowest BCUT2D eigenvalue weighted by molar-refractivity contribution is -0.137. The first-order valence-corrected chi connectivity index (χ1v) is 10.7. The number of alkyl halides is 3. The molecule has 1 saturated heterocycles. The van der Waals surface area contributed by atoms with Crippen molar-refractivity contribution in [3.05, 3.63) is 71.8 Å². The Bertz CT molecular complexity index is 907. The predicted octanol–water partition coefficient (Wildman–Crippen LogP) is 4.69. The smallest absolute Gasteiger partial charge is 0.366 e. The third kappa shape index (κ3) is 4.72. The van der Waals surface area contributed by atoms with E-state index in [1.165, 1.54) is 12.1 Å². The Hall–Kier alpha value is -2.51. The van der Waals surface area contributed by atoms with Crippen molar-refractivity contribution in [1.29, 1.82) is 0 Å². The van der Waals surface area contributed by atoms with Crippen molar-refractivity contribution in [2.24, 2.45) is 5.92 Å². The topological polar surface area (TPSA) is 30.5 Å². The molecule has 2 heterocycles. The van der Waals surface area contributed by atoms with Crippen molar-refractivity contribution in [2.75, 3.05) is 32.5 Å². The molecule has 31 heavy (non-hydrogen) atoms. The quantitative estimate of drug-likeness (QED) is 0.737. The highest BCUT2D eigenvalue weighted by atomic mass is 19.4. The number of hydrogen-bond acceptors (Lipinski definition) is 4. The Labute approximate surface area is 181 Å². The SMILES string of the molecule is CN1C(c2ccccc2)=CC(Nc2cccc(C(F)(F)F)c2)N(C)C1C1CCNCC1. The highest BCUT2D eigenvalue weighted by Gasteiger charge is 2.38. The van der Waals surface area contributed by atoms with Crippen molar-refractivity contribution < 1.29 is 13.2 Å². The van der Waals surface area contributed by atoms with Gasteiger partial charge in [-0.25, -0.2) is 0 Å². The maximum Gasteiger partial charge on any atom is 0.416 e. The van der Waals surface area contributed by atoms with Crippen LogP contribution in [0.3, 0.4) is 0 Å². The van der Waals surface area contributed by atoms with Gasteiger partial charge in [0.15, 0.2) is 0 Å². The average molecular weight is 431 g/mol. The van der Waals surface area contributed by atoms with Crippen LogP contribution < -0.4 is 10.6 Å². The minimum absolute atomic E-state index is 0.144. The van der Waals surface area contributed by atoms with Crippen molar-refractivity contribution >= 4 is 11.4 Å². The molecular weight excluding hydrogens is 401 g/mol. The Morgan fingerprint density at radius 3 is 2.35 bits per heavy atom. The van der Waals surface area contributed by atoms with Crippen LogP contribution in [0, 0.1) is 5.92 Å². The van der Waals surface area contributed by atoms with Crippen LogP contribution in [0.4, 0.5) is 18.9 Å². The van der Waals surface area contributed by atoms with Crippen molar-refractivity contribution in [3.8, 4) is 0 Å². The van der Waals surface area contributed by atoms with Gasteiger partial charge in [0.05, 0.1) is 11.7 Å². The molecule has 2 unspecified atom stereocenters.